The number of nitrogens with one attached hydrogen (secondary N) is 2. The van der Waals surface area contributed by atoms with Crippen molar-refractivity contribution in [2.75, 3.05) is 5.32 Å². The summed E-state index contributed by atoms with van der Waals surface area (Å²) in [6.07, 6.45) is 2.67. The minimum Gasteiger partial charge on any atom is -0.345 e. The molecule has 0 saturated carbocycles. The van der Waals surface area contributed by atoms with Crippen LogP contribution in [0.4, 0.5) is 5.69 Å². The molecule has 0 unspecified atom stereocenters. The summed E-state index contributed by atoms with van der Waals surface area (Å²) in [6.45, 7) is 8.34. The third kappa shape index (κ3) is 4.33. The molecule has 0 fully saturated rings. The highest BCUT2D eigenvalue weighted by Gasteiger charge is 2.29. The normalized spacial score (nSPS) is 13.8. The van der Waals surface area contributed by atoms with E-state index in [0.717, 1.165) is 30.5 Å². The number of fused-ring (bicyclic) bond motifs is 1. The second kappa shape index (κ2) is 7.35. The van der Waals surface area contributed by atoms with Gasteiger partial charge in [-0.2, -0.15) is 0 Å². The highest BCUT2D eigenvalue weighted by atomic mass is 35.5. The van der Waals surface area contributed by atoms with Crippen molar-refractivity contribution in [1.29, 1.82) is 0 Å². The number of benzene rings is 1. The first kappa shape index (κ1) is 19.4. The lowest BCUT2D eigenvalue weighted by atomic mass is 10.1. The SMILES string of the molecule is Cc1ccc(Cl)cc1NC(=O)c1nc(C(=O)NC(C)(C)C)n2c1CCCC2. The van der Waals surface area contributed by atoms with Crippen molar-refractivity contribution < 1.29 is 9.59 Å². The Hall–Kier alpha value is -2.34. The van der Waals surface area contributed by atoms with Crippen molar-refractivity contribution in [3.8, 4) is 0 Å². The summed E-state index contributed by atoms with van der Waals surface area (Å²) in [5.41, 5.74) is 2.31. The zero-order valence-corrected chi connectivity index (χ0v) is 16.9. The molecular formula is C20H25ClN4O2. The van der Waals surface area contributed by atoms with Crippen LogP contribution in [0.2, 0.25) is 5.02 Å². The zero-order valence-electron chi connectivity index (χ0n) is 16.1. The van der Waals surface area contributed by atoms with Crippen LogP contribution in [0, 0.1) is 6.92 Å². The van der Waals surface area contributed by atoms with E-state index in [9.17, 15) is 9.59 Å². The van der Waals surface area contributed by atoms with E-state index in [1.54, 1.807) is 12.1 Å². The van der Waals surface area contributed by atoms with Crippen LogP contribution in [0.15, 0.2) is 18.2 Å². The highest BCUT2D eigenvalue weighted by Crippen LogP contribution is 2.24. The van der Waals surface area contributed by atoms with E-state index in [1.807, 2.05) is 38.3 Å². The molecule has 0 bridgehead atoms. The number of hydrogen-bond donors (Lipinski definition) is 2. The number of imidazole rings is 1. The molecule has 0 atom stereocenters. The summed E-state index contributed by atoms with van der Waals surface area (Å²) in [6, 6.07) is 5.34. The molecule has 0 aliphatic carbocycles. The van der Waals surface area contributed by atoms with E-state index in [-0.39, 0.29) is 17.4 Å². The molecule has 7 heteroatoms. The fourth-order valence-electron chi connectivity index (χ4n) is 3.21. The maximum absolute atomic E-state index is 12.9. The lowest BCUT2D eigenvalue weighted by molar-refractivity contribution is 0.0903. The van der Waals surface area contributed by atoms with Gasteiger partial charge in [0.05, 0.1) is 5.69 Å². The lowest BCUT2D eigenvalue weighted by Crippen LogP contribution is -2.42. The van der Waals surface area contributed by atoms with Gasteiger partial charge in [0.1, 0.15) is 0 Å². The number of amides is 2. The van der Waals surface area contributed by atoms with Gasteiger partial charge in [0, 0.05) is 22.8 Å². The first-order chi connectivity index (χ1) is 12.7. The van der Waals surface area contributed by atoms with Gasteiger partial charge in [-0.05, 0) is 64.7 Å². The molecule has 6 nitrogen and oxygen atoms in total. The summed E-state index contributed by atoms with van der Waals surface area (Å²) in [4.78, 5) is 30.0. The maximum atomic E-state index is 12.9. The van der Waals surface area contributed by atoms with Gasteiger partial charge in [-0.25, -0.2) is 4.98 Å². The standard InChI is InChI=1S/C20H25ClN4O2/c1-12-8-9-13(21)11-14(12)22-18(26)16-15-7-5-6-10-25(15)17(23-16)19(27)24-20(2,3)4/h8-9,11H,5-7,10H2,1-4H3,(H,22,26)(H,24,27). The summed E-state index contributed by atoms with van der Waals surface area (Å²) in [5.74, 6) is -0.281. The van der Waals surface area contributed by atoms with Crippen LogP contribution >= 0.6 is 11.6 Å². The van der Waals surface area contributed by atoms with Crippen LogP contribution in [0.5, 0.6) is 0 Å². The quantitative estimate of drug-likeness (QED) is 0.835. The van der Waals surface area contributed by atoms with Gasteiger partial charge in [0.25, 0.3) is 11.8 Å². The van der Waals surface area contributed by atoms with Gasteiger partial charge in [0.2, 0.25) is 0 Å². The van der Waals surface area contributed by atoms with Crippen molar-refractivity contribution in [3.63, 3.8) is 0 Å². The predicted octanol–water partition coefficient (Wildman–Crippen LogP) is 3.96. The number of hydrogen-bond acceptors (Lipinski definition) is 3. The van der Waals surface area contributed by atoms with E-state index in [0.29, 0.717) is 28.8 Å². The summed E-state index contributed by atoms with van der Waals surface area (Å²) in [5, 5.41) is 6.37. The molecule has 1 aliphatic rings. The minimum atomic E-state index is -0.377. The number of carbonyl (C=O) groups is 2. The van der Waals surface area contributed by atoms with Crippen LogP contribution in [0.25, 0.3) is 0 Å². The molecule has 0 radical (unpaired) electrons. The maximum Gasteiger partial charge on any atom is 0.287 e. The number of anilines is 1. The third-order valence-corrected chi connectivity index (χ3v) is 4.71. The van der Waals surface area contributed by atoms with Gasteiger partial charge in [0.15, 0.2) is 11.5 Å². The second-order valence-electron chi connectivity index (χ2n) is 7.96. The highest BCUT2D eigenvalue weighted by molar-refractivity contribution is 6.31. The van der Waals surface area contributed by atoms with E-state index >= 15 is 0 Å². The van der Waals surface area contributed by atoms with Gasteiger partial charge in [-0.15, -0.1) is 0 Å². The predicted molar refractivity (Wildman–Crippen MR) is 107 cm³/mol. The van der Waals surface area contributed by atoms with Crippen molar-refractivity contribution in [2.24, 2.45) is 0 Å². The van der Waals surface area contributed by atoms with Gasteiger partial charge in [-0.3, -0.25) is 9.59 Å². The van der Waals surface area contributed by atoms with Crippen molar-refractivity contribution in [3.05, 3.63) is 46.0 Å². The van der Waals surface area contributed by atoms with Crippen LogP contribution in [0.1, 0.15) is 66.0 Å². The van der Waals surface area contributed by atoms with Gasteiger partial charge >= 0.3 is 0 Å². The Labute approximate surface area is 164 Å². The number of aryl methyl sites for hydroxylation is 1. The van der Waals surface area contributed by atoms with E-state index < -0.39 is 0 Å². The lowest BCUT2D eigenvalue weighted by Gasteiger charge is -2.22. The Kier molecular flexibility index (Phi) is 5.29. The Balaban J connectivity index is 1.94. The first-order valence-corrected chi connectivity index (χ1v) is 9.53. The minimum absolute atomic E-state index is 0.261. The molecule has 2 aromatic rings. The molecule has 27 heavy (non-hydrogen) atoms. The molecule has 2 amide bonds. The number of rotatable bonds is 3. The average Bonchev–Trinajstić information content (AvgIpc) is 2.96. The molecule has 0 spiro atoms. The molecule has 1 aromatic carbocycles. The van der Waals surface area contributed by atoms with Crippen molar-refractivity contribution in [1.82, 2.24) is 14.9 Å². The zero-order chi connectivity index (χ0) is 19.8. The topological polar surface area (TPSA) is 76.0 Å². The van der Waals surface area contributed by atoms with E-state index in [1.165, 1.54) is 0 Å². The first-order valence-electron chi connectivity index (χ1n) is 9.15. The van der Waals surface area contributed by atoms with Gasteiger partial charge in [-0.1, -0.05) is 17.7 Å². The van der Waals surface area contributed by atoms with E-state index in [4.69, 9.17) is 11.6 Å². The third-order valence-electron chi connectivity index (χ3n) is 4.47. The molecule has 1 aromatic heterocycles. The Morgan fingerprint density at radius 2 is 1.93 bits per heavy atom. The molecule has 144 valence electrons. The summed E-state index contributed by atoms with van der Waals surface area (Å²) >= 11 is 6.04. The van der Waals surface area contributed by atoms with Crippen LogP contribution in [0.3, 0.4) is 0 Å². The van der Waals surface area contributed by atoms with Gasteiger partial charge < -0.3 is 15.2 Å². The molecule has 0 saturated heterocycles. The summed E-state index contributed by atoms with van der Waals surface area (Å²) in [7, 11) is 0. The second-order valence-corrected chi connectivity index (χ2v) is 8.39. The molecule has 2 N–H and O–H groups in total. The molecule has 3 rings (SSSR count). The molecular weight excluding hydrogens is 364 g/mol. The Bertz CT molecular complexity index is 896. The Morgan fingerprint density at radius 1 is 1.19 bits per heavy atom. The number of aromatic nitrogens is 2. The number of nitrogens with zero attached hydrogens (tertiary/aromatic N) is 2. The number of carbonyl (C=O) groups excluding carboxylic acids is 2. The number of halogens is 1. The fraction of sp³-hybridized carbons (Fsp3) is 0.450. The monoisotopic (exact) mass is 388 g/mol. The molecule has 1 aliphatic heterocycles. The largest absolute Gasteiger partial charge is 0.345 e. The average molecular weight is 389 g/mol. The van der Waals surface area contributed by atoms with Crippen LogP contribution < -0.4 is 10.6 Å². The Morgan fingerprint density at radius 3 is 2.63 bits per heavy atom. The van der Waals surface area contributed by atoms with Crippen LogP contribution in [-0.2, 0) is 13.0 Å². The van der Waals surface area contributed by atoms with E-state index in [2.05, 4.69) is 15.6 Å². The van der Waals surface area contributed by atoms with Crippen molar-refractivity contribution >= 4 is 29.1 Å². The van der Waals surface area contributed by atoms with Crippen LogP contribution in [-0.4, -0.2) is 26.9 Å². The van der Waals surface area contributed by atoms with Crippen molar-refractivity contribution in [2.45, 2.75) is 59.0 Å². The fourth-order valence-corrected chi connectivity index (χ4v) is 3.38. The molecule has 2 heterocycles. The smallest absolute Gasteiger partial charge is 0.287 e. The summed E-state index contributed by atoms with van der Waals surface area (Å²) < 4.78 is 1.88.